The number of hydrogen-bond donors (Lipinski definition) is 1. The molecule has 0 bridgehead atoms. The van der Waals surface area contributed by atoms with E-state index >= 15 is 0 Å². The van der Waals surface area contributed by atoms with Crippen LogP contribution in [-0.2, 0) is 6.42 Å². The van der Waals surface area contributed by atoms with Crippen LogP contribution in [0.15, 0.2) is 53.6 Å². The van der Waals surface area contributed by atoms with Gasteiger partial charge in [0.15, 0.2) is 5.82 Å². The maximum atomic E-state index is 11.2. The van der Waals surface area contributed by atoms with Gasteiger partial charge in [-0.2, -0.15) is 14.5 Å². The van der Waals surface area contributed by atoms with Crippen molar-refractivity contribution in [2.75, 3.05) is 12.1 Å². The maximum absolute atomic E-state index is 11.2. The smallest absolute Gasteiger partial charge is 0.335 e. The Kier molecular flexibility index (Phi) is 5.60. The van der Waals surface area contributed by atoms with Crippen LogP contribution in [-0.4, -0.2) is 33.7 Å². The van der Waals surface area contributed by atoms with E-state index in [9.17, 15) is 9.90 Å². The highest BCUT2D eigenvalue weighted by molar-refractivity contribution is 7.09. The normalized spacial score (nSPS) is 11.0. The fourth-order valence-electron chi connectivity index (χ4n) is 2.32. The monoisotopic (exact) mass is 386 g/mol. The Hall–Kier alpha value is -2.77. The Morgan fingerprint density at radius 1 is 1.27 bits per heavy atom. The number of halogens is 1. The molecule has 1 aromatic heterocycles. The number of aromatic carboxylic acids is 1. The molecule has 3 aromatic rings. The summed E-state index contributed by atoms with van der Waals surface area (Å²) >= 11 is 7.39. The first-order valence-corrected chi connectivity index (χ1v) is 8.87. The first-order valence-electron chi connectivity index (χ1n) is 7.72. The van der Waals surface area contributed by atoms with Gasteiger partial charge in [-0.05, 0) is 23.8 Å². The second-order valence-corrected chi connectivity index (χ2v) is 6.51. The van der Waals surface area contributed by atoms with Crippen molar-refractivity contribution in [1.29, 1.82) is 0 Å². The molecule has 0 spiro atoms. The standard InChI is InChI=1S/C18H15ClN4O2S/c1-23(20-11-10-12-6-2-3-7-13(12)17(24)25)18-21-16(22-26-18)14-8-4-5-9-15(14)19/h2-9,11H,10H2,1H3,(H,24,25)/b20-11+. The van der Waals surface area contributed by atoms with E-state index in [0.717, 1.165) is 5.56 Å². The SMILES string of the molecule is CN(/N=C/Cc1ccccc1C(=O)O)c1nc(-c2ccccc2Cl)ns1. The highest BCUT2D eigenvalue weighted by atomic mass is 35.5. The summed E-state index contributed by atoms with van der Waals surface area (Å²) in [5, 5.41) is 16.3. The van der Waals surface area contributed by atoms with Gasteiger partial charge in [-0.1, -0.05) is 41.9 Å². The molecular weight excluding hydrogens is 372 g/mol. The van der Waals surface area contributed by atoms with E-state index in [4.69, 9.17) is 11.6 Å². The molecule has 8 heteroatoms. The van der Waals surface area contributed by atoms with Crippen LogP contribution < -0.4 is 5.01 Å². The summed E-state index contributed by atoms with van der Waals surface area (Å²) in [6.07, 6.45) is 2.06. The Balaban J connectivity index is 1.71. The predicted octanol–water partition coefficient (Wildman–Crippen LogP) is 4.22. The van der Waals surface area contributed by atoms with Crippen molar-refractivity contribution in [2.24, 2.45) is 5.10 Å². The van der Waals surface area contributed by atoms with Crippen LogP contribution in [0.2, 0.25) is 5.02 Å². The van der Waals surface area contributed by atoms with Gasteiger partial charge in [-0.3, -0.25) is 0 Å². The number of hydrazone groups is 1. The van der Waals surface area contributed by atoms with E-state index in [0.29, 0.717) is 28.0 Å². The van der Waals surface area contributed by atoms with E-state index in [2.05, 4.69) is 14.5 Å². The predicted molar refractivity (Wildman–Crippen MR) is 104 cm³/mol. The highest BCUT2D eigenvalue weighted by Gasteiger charge is 2.12. The van der Waals surface area contributed by atoms with Crippen LogP contribution >= 0.6 is 23.1 Å². The van der Waals surface area contributed by atoms with Crippen molar-refractivity contribution in [3.05, 3.63) is 64.7 Å². The maximum Gasteiger partial charge on any atom is 0.335 e. The van der Waals surface area contributed by atoms with Gasteiger partial charge >= 0.3 is 5.97 Å². The minimum absolute atomic E-state index is 0.276. The topological polar surface area (TPSA) is 78.7 Å². The van der Waals surface area contributed by atoms with Gasteiger partial charge in [0, 0.05) is 36.8 Å². The molecule has 6 nitrogen and oxygen atoms in total. The van der Waals surface area contributed by atoms with Crippen molar-refractivity contribution in [1.82, 2.24) is 9.36 Å². The Morgan fingerprint density at radius 2 is 2.00 bits per heavy atom. The van der Waals surface area contributed by atoms with Crippen molar-refractivity contribution in [3.63, 3.8) is 0 Å². The molecule has 0 amide bonds. The number of nitrogens with zero attached hydrogens (tertiary/aromatic N) is 4. The van der Waals surface area contributed by atoms with Crippen LogP contribution in [0.1, 0.15) is 15.9 Å². The van der Waals surface area contributed by atoms with Crippen LogP contribution in [0.25, 0.3) is 11.4 Å². The van der Waals surface area contributed by atoms with Gasteiger partial charge in [0.1, 0.15) is 0 Å². The quantitative estimate of drug-likeness (QED) is 0.506. The van der Waals surface area contributed by atoms with Crippen molar-refractivity contribution >= 4 is 40.4 Å². The summed E-state index contributed by atoms with van der Waals surface area (Å²) in [6, 6.07) is 14.2. The largest absolute Gasteiger partial charge is 0.478 e. The minimum atomic E-state index is -0.948. The fraction of sp³-hybridized carbons (Fsp3) is 0.111. The van der Waals surface area contributed by atoms with E-state index in [1.54, 1.807) is 48.6 Å². The number of aromatic nitrogens is 2. The number of anilines is 1. The Morgan fingerprint density at radius 3 is 2.77 bits per heavy atom. The zero-order chi connectivity index (χ0) is 18.5. The zero-order valence-electron chi connectivity index (χ0n) is 13.8. The number of carboxylic acid groups (broad SMARTS) is 1. The summed E-state index contributed by atoms with van der Waals surface area (Å²) in [5.41, 5.74) is 1.74. The molecule has 0 aliphatic heterocycles. The average Bonchev–Trinajstić information content (AvgIpc) is 3.12. The number of benzene rings is 2. The Bertz CT molecular complexity index is 958. The third-order valence-electron chi connectivity index (χ3n) is 3.62. The molecule has 132 valence electrons. The van der Waals surface area contributed by atoms with Crippen LogP contribution in [0, 0.1) is 0 Å². The van der Waals surface area contributed by atoms with Gasteiger partial charge < -0.3 is 5.11 Å². The molecule has 0 aliphatic rings. The number of carboxylic acids is 1. The minimum Gasteiger partial charge on any atom is -0.478 e. The molecule has 0 aliphatic carbocycles. The number of carbonyl (C=O) groups is 1. The Labute approximate surface area is 159 Å². The summed E-state index contributed by atoms with van der Waals surface area (Å²) in [4.78, 5) is 15.7. The summed E-state index contributed by atoms with van der Waals surface area (Å²) < 4.78 is 4.32. The molecule has 0 saturated carbocycles. The summed E-state index contributed by atoms with van der Waals surface area (Å²) in [5.74, 6) is -0.398. The molecule has 26 heavy (non-hydrogen) atoms. The summed E-state index contributed by atoms with van der Waals surface area (Å²) in [7, 11) is 1.76. The molecule has 2 aromatic carbocycles. The molecule has 1 heterocycles. The second-order valence-electron chi connectivity index (χ2n) is 5.37. The number of rotatable bonds is 6. The van der Waals surface area contributed by atoms with Gasteiger partial charge in [0.2, 0.25) is 5.13 Å². The second kappa shape index (κ2) is 8.07. The van der Waals surface area contributed by atoms with Crippen molar-refractivity contribution < 1.29 is 9.90 Å². The molecule has 0 unspecified atom stereocenters. The van der Waals surface area contributed by atoms with Crippen molar-refractivity contribution in [3.8, 4) is 11.4 Å². The van der Waals surface area contributed by atoms with E-state index in [-0.39, 0.29) is 5.56 Å². The van der Waals surface area contributed by atoms with Crippen LogP contribution in [0.5, 0.6) is 0 Å². The third-order valence-corrected chi connectivity index (χ3v) is 4.73. The molecular formula is C18H15ClN4O2S. The molecule has 0 atom stereocenters. The van der Waals surface area contributed by atoms with Crippen LogP contribution in [0.3, 0.4) is 0 Å². The molecule has 0 fully saturated rings. The summed E-state index contributed by atoms with van der Waals surface area (Å²) in [6.45, 7) is 0. The first-order chi connectivity index (χ1) is 12.6. The molecule has 3 rings (SSSR count). The zero-order valence-corrected chi connectivity index (χ0v) is 15.4. The average molecular weight is 387 g/mol. The molecule has 0 radical (unpaired) electrons. The van der Waals surface area contributed by atoms with Gasteiger partial charge in [0.05, 0.1) is 10.6 Å². The lowest BCUT2D eigenvalue weighted by molar-refractivity contribution is 0.0696. The van der Waals surface area contributed by atoms with Crippen molar-refractivity contribution in [2.45, 2.75) is 6.42 Å². The number of hydrogen-bond acceptors (Lipinski definition) is 6. The van der Waals surface area contributed by atoms with Gasteiger partial charge in [-0.25, -0.2) is 9.80 Å². The van der Waals surface area contributed by atoms with E-state index in [1.165, 1.54) is 11.5 Å². The lowest BCUT2D eigenvalue weighted by Gasteiger charge is -2.07. The van der Waals surface area contributed by atoms with E-state index < -0.39 is 5.97 Å². The molecule has 0 saturated heterocycles. The first kappa shape index (κ1) is 18.0. The lowest BCUT2D eigenvalue weighted by atomic mass is 10.1. The highest BCUT2D eigenvalue weighted by Crippen LogP contribution is 2.28. The fourth-order valence-corrected chi connectivity index (χ4v) is 3.14. The van der Waals surface area contributed by atoms with Gasteiger partial charge in [-0.15, -0.1) is 0 Å². The van der Waals surface area contributed by atoms with Gasteiger partial charge in [0.25, 0.3) is 0 Å². The van der Waals surface area contributed by atoms with Crippen LogP contribution in [0.4, 0.5) is 5.13 Å². The lowest BCUT2D eigenvalue weighted by Crippen LogP contribution is -2.09. The molecule has 1 N–H and O–H groups in total. The third kappa shape index (κ3) is 4.07. The van der Waals surface area contributed by atoms with E-state index in [1.807, 2.05) is 18.2 Å².